The molecule has 0 nitrogen and oxygen atoms in total. The summed E-state index contributed by atoms with van der Waals surface area (Å²) in [6.45, 7) is 2.29. The molecule has 0 N–H and O–H groups in total. The number of unbranched alkanes of at least 4 members (excludes halogenated alkanes) is 5. The Bertz CT molecular complexity index is 544. The van der Waals surface area contributed by atoms with Crippen LogP contribution in [0.5, 0.6) is 0 Å². The average Bonchev–Trinajstić information content (AvgIpc) is 2.88. The predicted molar refractivity (Wildman–Crippen MR) is 116 cm³/mol. The molecule has 0 fully saturated rings. The first kappa shape index (κ1) is 18.9. The molecule has 126 valence electrons. The van der Waals surface area contributed by atoms with Crippen molar-refractivity contribution in [2.45, 2.75) is 56.8 Å². The largest absolute Gasteiger partial charge is 0.136 e. The summed E-state index contributed by atoms with van der Waals surface area (Å²) in [6.07, 6.45) is 20.6. The highest BCUT2D eigenvalue weighted by Gasteiger charge is 2.26. The molecule has 1 aliphatic rings. The molecule has 1 aliphatic carbocycles. The number of rotatable bonds is 9. The van der Waals surface area contributed by atoms with Gasteiger partial charge in [0.25, 0.3) is 0 Å². The van der Waals surface area contributed by atoms with E-state index < -0.39 is 7.20 Å². The molecule has 0 saturated heterocycles. The lowest BCUT2D eigenvalue weighted by molar-refractivity contribution is 0.626. The second-order valence-electron chi connectivity index (χ2n) is 6.09. The summed E-state index contributed by atoms with van der Waals surface area (Å²) in [4.78, 5) is 3.15. The molecule has 1 aromatic carbocycles. The summed E-state index contributed by atoms with van der Waals surface area (Å²) in [5.41, 5.74) is 0. The molecule has 2 rings (SSSR count). The van der Waals surface area contributed by atoms with Crippen LogP contribution in [0, 0.1) is 0 Å². The van der Waals surface area contributed by atoms with Gasteiger partial charge in [0.05, 0.1) is 0 Å². The van der Waals surface area contributed by atoms with E-state index in [0.29, 0.717) is 0 Å². The van der Waals surface area contributed by atoms with Crippen molar-refractivity contribution < 1.29 is 0 Å². The highest BCUT2D eigenvalue weighted by molar-refractivity contribution is 14.2. The third-order valence-electron chi connectivity index (χ3n) is 4.27. The van der Waals surface area contributed by atoms with Gasteiger partial charge in [0, 0.05) is 4.90 Å². The molecule has 0 amide bonds. The standard InChI is InChI=1S/C21H29IS/c1-2-3-4-5-8-14-19-23(22,21-17-12-9-13-18-21)20-15-10-6-7-11-16-20/h6-7,9-13,15,17-18H,2-5,8,14,16,19H2,1H3. The fourth-order valence-electron chi connectivity index (χ4n) is 2.92. The van der Waals surface area contributed by atoms with Crippen molar-refractivity contribution in [3.05, 3.63) is 65.6 Å². The molecule has 0 bridgehead atoms. The molecular formula is C21H29IS. The minimum atomic E-state index is -0.907. The number of benzene rings is 1. The Morgan fingerprint density at radius 1 is 0.913 bits per heavy atom. The molecule has 1 aromatic rings. The smallest absolute Gasteiger partial charge is 0.00246 e. The highest BCUT2D eigenvalue weighted by Crippen LogP contribution is 2.70. The molecule has 0 radical (unpaired) electrons. The molecule has 1 atom stereocenters. The van der Waals surface area contributed by atoms with Crippen molar-refractivity contribution in [2.24, 2.45) is 0 Å². The van der Waals surface area contributed by atoms with Crippen molar-refractivity contribution in [3.63, 3.8) is 0 Å². The molecule has 0 heterocycles. The Hall–Kier alpha value is -0.480. The van der Waals surface area contributed by atoms with Gasteiger partial charge in [-0.25, -0.2) is 0 Å². The lowest BCUT2D eigenvalue weighted by atomic mass is 10.1. The number of allylic oxidation sites excluding steroid dienone is 6. The first-order chi connectivity index (χ1) is 11.3. The first-order valence-electron chi connectivity index (χ1n) is 8.85. The van der Waals surface area contributed by atoms with Crippen molar-refractivity contribution >= 4 is 28.4 Å². The van der Waals surface area contributed by atoms with Gasteiger partial charge in [-0.3, -0.25) is 0 Å². The van der Waals surface area contributed by atoms with Gasteiger partial charge in [0.2, 0.25) is 0 Å². The summed E-state index contributed by atoms with van der Waals surface area (Å²) in [5.74, 6) is 1.32. The van der Waals surface area contributed by atoms with Crippen LogP contribution in [0.2, 0.25) is 0 Å². The van der Waals surface area contributed by atoms with Crippen LogP contribution < -0.4 is 0 Å². The maximum absolute atomic E-state index is 2.79. The maximum atomic E-state index is 2.79. The SMILES string of the molecule is CCCCCCCCS(I)(C1=CC=CC=CC1)c1ccccc1. The second kappa shape index (κ2) is 10.4. The zero-order valence-corrected chi connectivity index (χ0v) is 17.2. The van der Waals surface area contributed by atoms with Crippen LogP contribution in [0.3, 0.4) is 0 Å². The molecule has 2 heteroatoms. The normalized spacial score (nSPS) is 18.1. The van der Waals surface area contributed by atoms with E-state index in [-0.39, 0.29) is 0 Å². The van der Waals surface area contributed by atoms with Crippen LogP contribution in [-0.2, 0) is 0 Å². The van der Waals surface area contributed by atoms with Crippen LogP contribution in [-0.4, -0.2) is 5.75 Å². The van der Waals surface area contributed by atoms with Gasteiger partial charge in [-0.15, -0.1) is 7.20 Å². The van der Waals surface area contributed by atoms with Crippen molar-refractivity contribution in [1.82, 2.24) is 0 Å². The summed E-state index contributed by atoms with van der Waals surface area (Å²) in [7, 11) is -0.907. The zero-order chi connectivity index (χ0) is 16.4. The zero-order valence-electron chi connectivity index (χ0n) is 14.2. The van der Waals surface area contributed by atoms with Gasteiger partial charge in [0.1, 0.15) is 0 Å². The molecule has 0 saturated carbocycles. The Balaban J connectivity index is 2.08. The topological polar surface area (TPSA) is 0 Å². The summed E-state index contributed by atoms with van der Waals surface area (Å²) >= 11 is 2.79. The first-order valence-corrected chi connectivity index (χ1v) is 13.2. The van der Waals surface area contributed by atoms with Crippen LogP contribution >= 0.6 is 28.4 Å². The summed E-state index contributed by atoms with van der Waals surface area (Å²) < 4.78 is 0. The molecule has 1 unspecified atom stereocenters. The second-order valence-corrected chi connectivity index (χ2v) is 13.3. The highest BCUT2D eigenvalue weighted by atomic mass is 127. The Morgan fingerprint density at radius 2 is 1.65 bits per heavy atom. The minimum Gasteiger partial charge on any atom is -0.136 e. The van der Waals surface area contributed by atoms with E-state index in [4.69, 9.17) is 0 Å². The molecule has 0 aliphatic heterocycles. The van der Waals surface area contributed by atoms with Crippen molar-refractivity contribution in [3.8, 4) is 0 Å². The Labute approximate surface area is 156 Å². The van der Waals surface area contributed by atoms with E-state index in [1.807, 2.05) is 0 Å². The quantitative estimate of drug-likeness (QED) is 0.270. The fourth-order valence-corrected chi connectivity index (χ4v) is 8.36. The Kier molecular flexibility index (Phi) is 8.52. The van der Waals surface area contributed by atoms with E-state index in [1.165, 1.54) is 49.2 Å². The minimum absolute atomic E-state index is 0.907. The third-order valence-corrected chi connectivity index (χ3v) is 11.8. The van der Waals surface area contributed by atoms with Crippen LogP contribution in [0.4, 0.5) is 0 Å². The van der Waals surface area contributed by atoms with Gasteiger partial charge < -0.3 is 0 Å². The van der Waals surface area contributed by atoms with Crippen LogP contribution in [0.25, 0.3) is 0 Å². The lowest BCUT2D eigenvalue weighted by Gasteiger charge is -2.36. The van der Waals surface area contributed by atoms with Crippen LogP contribution in [0.1, 0.15) is 51.9 Å². The van der Waals surface area contributed by atoms with E-state index in [0.717, 1.165) is 6.42 Å². The van der Waals surface area contributed by atoms with E-state index in [2.05, 4.69) is 88.8 Å². The Morgan fingerprint density at radius 3 is 2.43 bits per heavy atom. The number of halogens is 1. The van der Waals surface area contributed by atoms with E-state index >= 15 is 0 Å². The van der Waals surface area contributed by atoms with Crippen molar-refractivity contribution in [1.29, 1.82) is 0 Å². The fraction of sp³-hybridized carbons (Fsp3) is 0.429. The van der Waals surface area contributed by atoms with Gasteiger partial charge in [-0.2, -0.15) is 0 Å². The molecular weight excluding hydrogens is 411 g/mol. The lowest BCUT2D eigenvalue weighted by Crippen LogP contribution is -2.02. The van der Waals surface area contributed by atoms with Gasteiger partial charge in [-0.1, -0.05) is 87.6 Å². The van der Waals surface area contributed by atoms with Gasteiger partial charge in [-0.05, 0) is 56.8 Å². The molecule has 0 aromatic heterocycles. The van der Waals surface area contributed by atoms with Crippen molar-refractivity contribution in [2.75, 3.05) is 5.75 Å². The van der Waals surface area contributed by atoms with E-state index in [1.54, 1.807) is 4.91 Å². The van der Waals surface area contributed by atoms with Crippen LogP contribution in [0.15, 0.2) is 70.5 Å². The molecule has 23 heavy (non-hydrogen) atoms. The number of hydrogen-bond donors (Lipinski definition) is 0. The van der Waals surface area contributed by atoms with E-state index in [9.17, 15) is 0 Å². The summed E-state index contributed by atoms with van der Waals surface area (Å²) in [5, 5.41) is 0. The third kappa shape index (κ3) is 5.82. The predicted octanol–water partition coefficient (Wildman–Crippen LogP) is 7.96. The monoisotopic (exact) mass is 440 g/mol. The van der Waals surface area contributed by atoms with Gasteiger partial charge in [0.15, 0.2) is 0 Å². The van der Waals surface area contributed by atoms with Gasteiger partial charge >= 0.3 is 0 Å². The number of hydrogen-bond acceptors (Lipinski definition) is 0. The molecule has 0 spiro atoms. The average molecular weight is 440 g/mol. The summed E-state index contributed by atoms with van der Waals surface area (Å²) in [6, 6.07) is 11.2. The maximum Gasteiger partial charge on any atom is 0.00246 e.